The third-order valence-corrected chi connectivity index (χ3v) is 4.74. The Bertz CT molecular complexity index is 557. The van der Waals surface area contributed by atoms with Crippen molar-refractivity contribution in [1.29, 1.82) is 0 Å². The summed E-state index contributed by atoms with van der Waals surface area (Å²) >= 11 is 1.36. The van der Waals surface area contributed by atoms with Gasteiger partial charge in [0.1, 0.15) is 0 Å². The minimum absolute atomic E-state index is 0.0613. The lowest BCUT2D eigenvalue weighted by Crippen LogP contribution is -2.41. The second kappa shape index (κ2) is 8.93. The van der Waals surface area contributed by atoms with Crippen LogP contribution in [0.2, 0.25) is 0 Å². The molecule has 1 aliphatic rings. The average Bonchev–Trinajstić information content (AvgIpc) is 2.57. The molecule has 23 heavy (non-hydrogen) atoms. The predicted molar refractivity (Wildman–Crippen MR) is 93.9 cm³/mol. The highest BCUT2D eigenvalue weighted by atomic mass is 32.2. The third kappa shape index (κ3) is 5.25. The summed E-state index contributed by atoms with van der Waals surface area (Å²) in [5, 5.41) is 2.98. The molecule has 0 spiro atoms. The number of nitrogens with zero attached hydrogens (tertiary/aromatic N) is 1. The maximum absolute atomic E-state index is 12.1. The molecular weight excluding hydrogens is 312 g/mol. The number of carbonyl (C=O) groups is 2. The standard InChI is InChI=1S/C17H24N2O3S/c1-3-14-6-4-5-13(2)17(14)18-15(20)11-23-12-16(21)19-7-9-22-10-8-19/h4-6H,3,7-12H2,1-2H3,(H,18,20). The number of carbonyl (C=O) groups excluding carboxylic acids is 2. The molecule has 0 radical (unpaired) electrons. The van der Waals surface area contributed by atoms with Gasteiger partial charge in [-0.05, 0) is 24.5 Å². The molecule has 0 aromatic heterocycles. The fourth-order valence-corrected chi connectivity index (χ4v) is 3.23. The Morgan fingerprint density at radius 3 is 2.70 bits per heavy atom. The molecule has 1 aliphatic heterocycles. The van der Waals surface area contributed by atoms with Crippen molar-refractivity contribution in [1.82, 2.24) is 4.90 Å². The van der Waals surface area contributed by atoms with Crippen LogP contribution in [-0.4, -0.2) is 54.5 Å². The average molecular weight is 336 g/mol. The van der Waals surface area contributed by atoms with Crippen LogP contribution in [0.15, 0.2) is 18.2 Å². The van der Waals surface area contributed by atoms with Gasteiger partial charge in [-0.2, -0.15) is 0 Å². The van der Waals surface area contributed by atoms with Gasteiger partial charge in [-0.15, -0.1) is 11.8 Å². The summed E-state index contributed by atoms with van der Waals surface area (Å²) in [6, 6.07) is 6.02. The zero-order valence-corrected chi connectivity index (χ0v) is 14.6. The molecule has 1 fully saturated rings. The second-order valence-corrected chi connectivity index (χ2v) is 6.48. The molecule has 0 bridgehead atoms. The molecule has 0 unspecified atom stereocenters. The van der Waals surface area contributed by atoms with Gasteiger partial charge in [-0.25, -0.2) is 0 Å². The van der Waals surface area contributed by atoms with Gasteiger partial charge in [0.25, 0.3) is 0 Å². The topological polar surface area (TPSA) is 58.6 Å². The van der Waals surface area contributed by atoms with Crippen LogP contribution in [0, 0.1) is 6.92 Å². The van der Waals surface area contributed by atoms with Crippen LogP contribution in [0.5, 0.6) is 0 Å². The lowest BCUT2D eigenvalue weighted by molar-refractivity contribution is -0.132. The van der Waals surface area contributed by atoms with Crippen molar-refractivity contribution in [3.8, 4) is 0 Å². The second-order valence-electron chi connectivity index (χ2n) is 5.50. The summed E-state index contributed by atoms with van der Waals surface area (Å²) in [6.07, 6.45) is 0.875. The van der Waals surface area contributed by atoms with Crippen LogP contribution >= 0.6 is 11.8 Å². The van der Waals surface area contributed by atoms with Crippen LogP contribution in [0.25, 0.3) is 0 Å². The maximum atomic E-state index is 12.1. The van der Waals surface area contributed by atoms with E-state index >= 15 is 0 Å². The number of hydrogen-bond acceptors (Lipinski definition) is 4. The highest BCUT2D eigenvalue weighted by Crippen LogP contribution is 2.21. The lowest BCUT2D eigenvalue weighted by Gasteiger charge is -2.26. The Hall–Kier alpha value is -1.53. The Labute approximate surface area is 141 Å². The molecule has 0 saturated carbocycles. The van der Waals surface area contributed by atoms with E-state index in [1.807, 2.05) is 25.1 Å². The summed E-state index contributed by atoms with van der Waals surface area (Å²) < 4.78 is 5.23. The molecule has 1 aromatic carbocycles. The third-order valence-electron chi connectivity index (χ3n) is 3.83. The number of rotatable bonds is 6. The fraction of sp³-hybridized carbons (Fsp3) is 0.529. The van der Waals surface area contributed by atoms with E-state index in [0.29, 0.717) is 32.1 Å². The van der Waals surface area contributed by atoms with Crippen LogP contribution < -0.4 is 5.32 Å². The molecule has 126 valence electrons. The number of ether oxygens (including phenoxy) is 1. The summed E-state index contributed by atoms with van der Waals surface area (Å²) in [5.41, 5.74) is 3.10. The normalized spacial score (nSPS) is 14.6. The van der Waals surface area contributed by atoms with E-state index in [4.69, 9.17) is 4.74 Å². The molecule has 0 atom stereocenters. The zero-order chi connectivity index (χ0) is 16.7. The monoisotopic (exact) mass is 336 g/mol. The van der Waals surface area contributed by atoms with E-state index in [0.717, 1.165) is 23.2 Å². The Balaban J connectivity index is 1.78. The van der Waals surface area contributed by atoms with Crippen molar-refractivity contribution in [2.75, 3.05) is 43.1 Å². The molecule has 1 aromatic rings. The maximum Gasteiger partial charge on any atom is 0.234 e. The minimum Gasteiger partial charge on any atom is -0.378 e. The number of amides is 2. The van der Waals surface area contributed by atoms with E-state index in [1.165, 1.54) is 11.8 Å². The molecule has 6 heteroatoms. The Kier molecular flexibility index (Phi) is 6.92. The highest BCUT2D eigenvalue weighted by molar-refractivity contribution is 8.00. The molecule has 2 amide bonds. The molecule has 2 rings (SSSR count). The van der Waals surface area contributed by atoms with Crippen LogP contribution in [0.4, 0.5) is 5.69 Å². The summed E-state index contributed by atoms with van der Waals surface area (Å²) in [6.45, 7) is 6.56. The van der Waals surface area contributed by atoms with Crippen molar-refractivity contribution < 1.29 is 14.3 Å². The molecule has 1 saturated heterocycles. The van der Waals surface area contributed by atoms with Gasteiger partial charge < -0.3 is 15.0 Å². The number of thioether (sulfide) groups is 1. The zero-order valence-electron chi connectivity index (χ0n) is 13.8. The van der Waals surface area contributed by atoms with E-state index in [-0.39, 0.29) is 17.6 Å². The predicted octanol–water partition coefficient (Wildman–Crippen LogP) is 2.09. The van der Waals surface area contributed by atoms with Gasteiger partial charge in [-0.1, -0.05) is 25.1 Å². The highest BCUT2D eigenvalue weighted by Gasteiger charge is 2.17. The van der Waals surface area contributed by atoms with Gasteiger partial charge in [0.2, 0.25) is 11.8 Å². The van der Waals surface area contributed by atoms with E-state index < -0.39 is 0 Å². The number of para-hydroxylation sites is 1. The largest absolute Gasteiger partial charge is 0.378 e. The summed E-state index contributed by atoms with van der Waals surface area (Å²) in [5.74, 6) is 0.639. The number of morpholine rings is 1. The van der Waals surface area contributed by atoms with Crippen molar-refractivity contribution in [2.45, 2.75) is 20.3 Å². The Morgan fingerprint density at radius 2 is 2.00 bits per heavy atom. The fourth-order valence-electron chi connectivity index (χ4n) is 2.51. The quantitative estimate of drug-likeness (QED) is 0.864. The van der Waals surface area contributed by atoms with Crippen molar-refractivity contribution in [3.63, 3.8) is 0 Å². The first kappa shape index (κ1) is 17.8. The number of benzene rings is 1. The molecular formula is C17H24N2O3S. The number of nitrogens with one attached hydrogen (secondary N) is 1. The van der Waals surface area contributed by atoms with Gasteiger partial charge in [0.05, 0.1) is 24.7 Å². The lowest BCUT2D eigenvalue weighted by atomic mass is 10.1. The minimum atomic E-state index is -0.0613. The molecule has 5 nitrogen and oxygen atoms in total. The van der Waals surface area contributed by atoms with Crippen LogP contribution in [0.1, 0.15) is 18.1 Å². The van der Waals surface area contributed by atoms with E-state index in [2.05, 4.69) is 12.2 Å². The van der Waals surface area contributed by atoms with Crippen LogP contribution in [-0.2, 0) is 20.7 Å². The molecule has 0 aliphatic carbocycles. The molecule has 1 N–H and O–H groups in total. The number of anilines is 1. The Morgan fingerprint density at radius 1 is 1.26 bits per heavy atom. The van der Waals surface area contributed by atoms with Crippen LogP contribution in [0.3, 0.4) is 0 Å². The number of hydrogen-bond donors (Lipinski definition) is 1. The van der Waals surface area contributed by atoms with E-state index in [1.54, 1.807) is 4.90 Å². The van der Waals surface area contributed by atoms with Crippen molar-refractivity contribution in [2.24, 2.45) is 0 Å². The van der Waals surface area contributed by atoms with Gasteiger partial charge >= 0.3 is 0 Å². The van der Waals surface area contributed by atoms with Gasteiger partial charge in [-0.3, -0.25) is 9.59 Å². The molecule has 1 heterocycles. The first-order valence-corrected chi connectivity index (χ1v) is 9.09. The SMILES string of the molecule is CCc1cccc(C)c1NC(=O)CSCC(=O)N1CCOCC1. The summed E-state index contributed by atoms with van der Waals surface area (Å²) in [7, 11) is 0. The summed E-state index contributed by atoms with van der Waals surface area (Å²) in [4.78, 5) is 25.9. The van der Waals surface area contributed by atoms with E-state index in [9.17, 15) is 9.59 Å². The first-order chi connectivity index (χ1) is 11.1. The first-order valence-electron chi connectivity index (χ1n) is 7.93. The smallest absolute Gasteiger partial charge is 0.234 e. The number of aryl methyl sites for hydroxylation is 2. The van der Waals surface area contributed by atoms with Gasteiger partial charge in [0, 0.05) is 18.8 Å². The van der Waals surface area contributed by atoms with Crippen molar-refractivity contribution in [3.05, 3.63) is 29.3 Å². The van der Waals surface area contributed by atoms with Crippen molar-refractivity contribution >= 4 is 29.3 Å². The van der Waals surface area contributed by atoms with Gasteiger partial charge in [0.15, 0.2) is 0 Å².